The number of aromatic nitrogens is 2. The Hall–Kier alpha value is -1.95. The number of nitrogens with zero attached hydrogens (tertiary/aromatic N) is 2. The predicted molar refractivity (Wildman–Crippen MR) is 65.0 cm³/mol. The molecule has 5 nitrogen and oxygen atoms in total. The molecule has 1 heterocycles. The molecule has 0 fully saturated rings. The first-order valence-electron chi connectivity index (χ1n) is 5.94. The van der Waals surface area contributed by atoms with E-state index >= 15 is 0 Å². The fourth-order valence-corrected chi connectivity index (χ4v) is 1.50. The lowest BCUT2D eigenvalue weighted by Crippen LogP contribution is -1.98. The molecule has 1 N–H and O–H groups in total. The van der Waals surface area contributed by atoms with Gasteiger partial charge in [0.15, 0.2) is 12.4 Å². The number of hydrogen-bond acceptors (Lipinski definition) is 5. The Morgan fingerprint density at radius 1 is 1.37 bits per heavy atom. The molecule has 0 unspecified atom stereocenters. The molecule has 2 aromatic rings. The van der Waals surface area contributed by atoms with Crippen LogP contribution in [-0.2, 0) is 13.2 Å². The molecular weight excluding hydrogens is 251 g/mol. The lowest BCUT2D eigenvalue weighted by molar-refractivity contribution is 0.239. The number of halogens is 1. The van der Waals surface area contributed by atoms with Crippen molar-refractivity contribution in [3.63, 3.8) is 0 Å². The van der Waals surface area contributed by atoms with Gasteiger partial charge >= 0.3 is 0 Å². The highest BCUT2D eigenvalue weighted by molar-refractivity contribution is 5.29. The van der Waals surface area contributed by atoms with Gasteiger partial charge in [0.2, 0.25) is 0 Å². The van der Waals surface area contributed by atoms with Crippen molar-refractivity contribution < 1.29 is 18.8 Å². The van der Waals surface area contributed by atoms with Crippen LogP contribution in [0.3, 0.4) is 0 Å². The van der Waals surface area contributed by atoms with Crippen LogP contribution in [0.1, 0.15) is 37.0 Å². The van der Waals surface area contributed by atoms with Gasteiger partial charge in [0, 0.05) is 12.0 Å². The molecule has 102 valence electrons. The highest BCUT2D eigenvalue weighted by atomic mass is 19.1. The maximum absolute atomic E-state index is 13.2. The van der Waals surface area contributed by atoms with Crippen LogP contribution in [0.25, 0.3) is 0 Å². The number of ether oxygens (including phenoxy) is 1. The van der Waals surface area contributed by atoms with Crippen molar-refractivity contribution in [2.45, 2.75) is 33.0 Å². The number of benzene rings is 1. The highest BCUT2D eigenvalue weighted by Gasteiger charge is 2.10. The molecule has 0 saturated carbocycles. The van der Waals surface area contributed by atoms with E-state index in [0.29, 0.717) is 23.0 Å². The molecule has 0 aliphatic carbocycles. The Bertz CT molecular complexity index is 555. The summed E-state index contributed by atoms with van der Waals surface area (Å²) >= 11 is 0. The molecule has 1 aromatic heterocycles. The smallest absolute Gasteiger partial charge is 0.264 e. The normalized spacial score (nSPS) is 11.0. The van der Waals surface area contributed by atoms with E-state index in [1.54, 1.807) is 6.07 Å². The average Bonchev–Trinajstić information content (AvgIpc) is 2.84. The fraction of sp³-hybridized carbons (Fsp3) is 0.385. The third kappa shape index (κ3) is 3.51. The zero-order valence-electron chi connectivity index (χ0n) is 10.8. The van der Waals surface area contributed by atoms with Gasteiger partial charge in [-0.1, -0.05) is 19.0 Å². The molecule has 0 spiro atoms. The summed E-state index contributed by atoms with van der Waals surface area (Å²) in [6, 6.07) is 4.04. The lowest BCUT2D eigenvalue weighted by atomic mass is 10.2. The van der Waals surface area contributed by atoms with Crippen LogP contribution >= 0.6 is 0 Å². The summed E-state index contributed by atoms with van der Waals surface area (Å²) in [6.07, 6.45) is 0. The quantitative estimate of drug-likeness (QED) is 0.900. The molecule has 6 heteroatoms. The Morgan fingerprint density at radius 2 is 2.16 bits per heavy atom. The van der Waals surface area contributed by atoms with E-state index in [9.17, 15) is 4.39 Å². The Labute approximate surface area is 110 Å². The summed E-state index contributed by atoms with van der Waals surface area (Å²) in [5.41, 5.74) is 0.448. The van der Waals surface area contributed by atoms with Gasteiger partial charge in [-0.25, -0.2) is 4.39 Å². The van der Waals surface area contributed by atoms with Crippen LogP contribution in [0.15, 0.2) is 22.7 Å². The van der Waals surface area contributed by atoms with E-state index < -0.39 is 5.82 Å². The van der Waals surface area contributed by atoms with Gasteiger partial charge in [0.05, 0.1) is 6.61 Å². The molecule has 0 saturated heterocycles. The van der Waals surface area contributed by atoms with Crippen molar-refractivity contribution in [3.05, 3.63) is 41.3 Å². The molecular formula is C13H15FN2O3. The standard InChI is InChI=1S/C13H15FN2O3/c1-8(2)13-15-12(19-16-13)7-18-11-4-9(6-17)3-10(14)5-11/h3-5,8,17H,6-7H2,1-2H3. The van der Waals surface area contributed by atoms with Crippen molar-refractivity contribution in [3.8, 4) is 5.75 Å². The predicted octanol–water partition coefficient (Wildman–Crippen LogP) is 2.40. The average molecular weight is 266 g/mol. The molecule has 2 rings (SSSR count). The second-order valence-electron chi connectivity index (χ2n) is 4.44. The van der Waals surface area contributed by atoms with Gasteiger partial charge in [-0.2, -0.15) is 4.98 Å². The van der Waals surface area contributed by atoms with Crippen LogP contribution in [0.5, 0.6) is 5.75 Å². The maximum Gasteiger partial charge on any atom is 0.264 e. The molecule has 0 aliphatic heterocycles. The first-order chi connectivity index (χ1) is 9.08. The number of aliphatic hydroxyl groups excluding tert-OH is 1. The number of hydrogen-bond donors (Lipinski definition) is 1. The van der Waals surface area contributed by atoms with Crippen molar-refractivity contribution in [2.24, 2.45) is 0 Å². The third-order valence-electron chi connectivity index (χ3n) is 2.48. The van der Waals surface area contributed by atoms with Crippen LogP contribution in [0.2, 0.25) is 0 Å². The van der Waals surface area contributed by atoms with Gasteiger partial charge in [0.25, 0.3) is 5.89 Å². The molecule has 0 atom stereocenters. The van der Waals surface area contributed by atoms with Gasteiger partial charge < -0.3 is 14.4 Å². The molecule has 0 radical (unpaired) electrons. The second kappa shape index (κ2) is 5.79. The summed E-state index contributed by atoms with van der Waals surface area (Å²) in [5, 5.41) is 12.8. The van der Waals surface area contributed by atoms with Crippen molar-refractivity contribution in [1.82, 2.24) is 10.1 Å². The zero-order chi connectivity index (χ0) is 13.8. The number of aliphatic hydroxyl groups is 1. The van der Waals surface area contributed by atoms with Crippen LogP contribution in [-0.4, -0.2) is 15.2 Å². The Morgan fingerprint density at radius 3 is 2.79 bits per heavy atom. The minimum atomic E-state index is -0.463. The third-order valence-corrected chi connectivity index (χ3v) is 2.48. The van der Waals surface area contributed by atoms with Gasteiger partial charge in [-0.15, -0.1) is 0 Å². The zero-order valence-corrected chi connectivity index (χ0v) is 10.8. The molecule has 0 aliphatic rings. The van der Waals surface area contributed by atoms with Gasteiger partial charge in [-0.3, -0.25) is 0 Å². The van der Waals surface area contributed by atoms with Crippen LogP contribution < -0.4 is 4.74 Å². The lowest BCUT2D eigenvalue weighted by Gasteiger charge is -2.05. The van der Waals surface area contributed by atoms with Gasteiger partial charge in [-0.05, 0) is 17.7 Å². The summed E-state index contributed by atoms with van der Waals surface area (Å²) in [7, 11) is 0. The number of rotatable bonds is 5. The highest BCUT2D eigenvalue weighted by Crippen LogP contribution is 2.18. The molecule has 1 aromatic carbocycles. The minimum absolute atomic E-state index is 0.0635. The van der Waals surface area contributed by atoms with Crippen LogP contribution in [0.4, 0.5) is 4.39 Å². The minimum Gasteiger partial charge on any atom is -0.484 e. The molecule has 19 heavy (non-hydrogen) atoms. The first kappa shape index (κ1) is 13.5. The van der Waals surface area contributed by atoms with Crippen molar-refractivity contribution in [1.29, 1.82) is 0 Å². The van der Waals surface area contributed by atoms with Crippen molar-refractivity contribution in [2.75, 3.05) is 0 Å². The summed E-state index contributed by atoms with van der Waals surface area (Å²) in [5.74, 6) is 0.961. The first-order valence-corrected chi connectivity index (χ1v) is 5.94. The van der Waals surface area contributed by atoms with Crippen LogP contribution in [0, 0.1) is 5.82 Å². The van der Waals surface area contributed by atoms with E-state index in [2.05, 4.69) is 10.1 Å². The molecule has 0 bridgehead atoms. The molecule has 0 amide bonds. The topological polar surface area (TPSA) is 68.4 Å². The largest absolute Gasteiger partial charge is 0.484 e. The van der Waals surface area contributed by atoms with E-state index in [-0.39, 0.29) is 19.1 Å². The van der Waals surface area contributed by atoms with Gasteiger partial charge in [0.1, 0.15) is 11.6 Å². The summed E-state index contributed by atoms with van der Waals surface area (Å²) in [4.78, 5) is 4.14. The Kier molecular flexibility index (Phi) is 4.11. The van der Waals surface area contributed by atoms with Crippen molar-refractivity contribution >= 4 is 0 Å². The van der Waals surface area contributed by atoms with E-state index in [1.807, 2.05) is 13.8 Å². The fourth-order valence-electron chi connectivity index (χ4n) is 1.50. The second-order valence-corrected chi connectivity index (χ2v) is 4.44. The summed E-state index contributed by atoms with van der Waals surface area (Å²) < 4.78 is 23.6. The Balaban J connectivity index is 2.03. The SMILES string of the molecule is CC(C)c1noc(COc2cc(F)cc(CO)c2)n1. The van der Waals surface area contributed by atoms with E-state index in [1.165, 1.54) is 12.1 Å². The van der Waals surface area contributed by atoms with E-state index in [4.69, 9.17) is 14.4 Å². The monoisotopic (exact) mass is 266 g/mol. The van der Waals surface area contributed by atoms with E-state index in [0.717, 1.165) is 0 Å². The summed E-state index contributed by atoms with van der Waals surface area (Å²) in [6.45, 7) is 3.73. The maximum atomic E-state index is 13.2.